The molecule has 0 spiro atoms. The molecular formula is C25H30F6N2O. The van der Waals surface area contributed by atoms with E-state index >= 15 is 0 Å². The highest BCUT2D eigenvalue weighted by molar-refractivity contribution is 5.37. The number of ether oxygens (including phenoxy) is 1. The minimum absolute atomic E-state index is 0.0201. The summed E-state index contributed by atoms with van der Waals surface area (Å²) < 4.78 is 85.3. The number of aryl methyl sites for hydroxylation is 1. The van der Waals surface area contributed by atoms with Crippen LogP contribution < -0.4 is 4.74 Å². The molecule has 9 heteroatoms. The van der Waals surface area contributed by atoms with E-state index < -0.39 is 23.5 Å². The van der Waals surface area contributed by atoms with Crippen LogP contribution in [0.4, 0.5) is 26.3 Å². The Morgan fingerprint density at radius 3 is 2.00 bits per heavy atom. The van der Waals surface area contributed by atoms with Crippen molar-refractivity contribution in [1.29, 1.82) is 0 Å². The van der Waals surface area contributed by atoms with Crippen molar-refractivity contribution in [3.63, 3.8) is 0 Å². The van der Waals surface area contributed by atoms with Gasteiger partial charge >= 0.3 is 12.4 Å². The molecule has 1 aliphatic heterocycles. The van der Waals surface area contributed by atoms with Gasteiger partial charge < -0.3 is 9.64 Å². The summed E-state index contributed by atoms with van der Waals surface area (Å²) in [7, 11) is 1.55. The van der Waals surface area contributed by atoms with Crippen LogP contribution >= 0.6 is 0 Å². The van der Waals surface area contributed by atoms with E-state index in [9.17, 15) is 26.3 Å². The van der Waals surface area contributed by atoms with Gasteiger partial charge in [0.2, 0.25) is 0 Å². The lowest BCUT2D eigenvalue weighted by Gasteiger charge is -2.40. The Morgan fingerprint density at radius 2 is 1.47 bits per heavy atom. The summed E-state index contributed by atoms with van der Waals surface area (Å²) in [5.74, 6) is 0.656. The van der Waals surface area contributed by atoms with Gasteiger partial charge in [0.05, 0.1) is 18.2 Å². The molecule has 1 heterocycles. The van der Waals surface area contributed by atoms with Gasteiger partial charge in [0.1, 0.15) is 5.75 Å². The molecule has 1 unspecified atom stereocenters. The molecule has 0 amide bonds. The van der Waals surface area contributed by atoms with Crippen LogP contribution in [0.15, 0.2) is 42.5 Å². The maximum Gasteiger partial charge on any atom is 0.416 e. The SMILES string of the molecule is CCCN1CCN(C(CCc2cc(C(F)(F)F)cc(C(F)(F)F)c2)c2ccccc2OC)CC1. The van der Waals surface area contributed by atoms with Crippen LogP contribution in [-0.4, -0.2) is 49.6 Å². The molecule has 3 nitrogen and oxygen atoms in total. The van der Waals surface area contributed by atoms with Crippen molar-refractivity contribution in [2.24, 2.45) is 0 Å². The number of alkyl halides is 6. The quantitative estimate of drug-likeness (QED) is 0.398. The molecular weight excluding hydrogens is 458 g/mol. The van der Waals surface area contributed by atoms with Gasteiger partial charge in [-0.3, -0.25) is 4.90 Å². The van der Waals surface area contributed by atoms with E-state index in [1.807, 2.05) is 24.3 Å². The standard InChI is InChI=1S/C25H30F6N2O/c1-3-10-32-11-13-33(14-12-32)22(21-6-4-5-7-23(21)34-2)9-8-18-15-19(24(26,27)28)17-20(16-18)25(29,30)31/h4-7,15-17,22H,3,8-14H2,1-2H3. The number of nitrogens with zero attached hydrogens (tertiary/aromatic N) is 2. The minimum atomic E-state index is -4.85. The van der Waals surface area contributed by atoms with Crippen LogP contribution in [0.1, 0.15) is 48.1 Å². The molecule has 0 aromatic heterocycles. The fourth-order valence-corrected chi connectivity index (χ4v) is 4.56. The molecule has 1 fully saturated rings. The Balaban J connectivity index is 1.89. The summed E-state index contributed by atoms with van der Waals surface area (Å²) in [6.07, 6.45) is -8.22. The molecule has 0 saturated carbocycles. The Hall–Kier alpha value is -2.26. The fraction of sp³-hybridized carbons (Fsp3) is 0.520. The molecule has 1 aliphatic rings. The summed E-state index contributed by atoms with van der Waals surface area (Å²) in [6, 6.07) is 9.07. The molecule has 188 valence electrons. The highest BCUT2D eigenvalue weighted by Gasteiger charge is 2.37. The average molecular weight is 489 g/mol. The Kier molecular flexibility index (Phi) is 8.52. The Labute approximate surface area is 196 Å². The van der Waals surface area contributed by atoms with E-state index in [1.165, 1.54) is 0 Å². The molecule has 2 aromatic carbocycles. The number of piperazine rings is 1. The minimum Gasteiger partial charge on any atom is -0.496 e. The van der Waals surface area contributed by atoms with E-state index in [-0.39, 0.29) is 24.1 Å². The van der Waals surface area contributed by atoms with Crippen molar-refractivity contribution >= 4 is 0 Å². The fourth-order valence-electron chi connectivity index (χ4n) is 4.56. The first-order valence-corrected chi connectivity index (χ1v) is 11.4. The molecule has 0 N–H and O–H groups in total. The highest BCUT2D eigenvalue weighted by Crippen LogP contribution is 2.38. The summed E-state index contributed by atoms with van der Waals surface area (Å²) in [5, 5.41) is 0. The molecule has 0 bridgehead atoms. The number of benzene rings is 2. The summed E-state index contributed by atoms with van der Waals surface area (Å²) in [6.45, 7) is 6.37. The normalized spacial score (nSPS) is 17.1. The van der Waals surface area contributed by atoms with Gasteiger partial charge in [0.15, 0.2) is 0 Å². The summed E-state index contributed by atoms with van der Waals surface area (Å²) in [5.41, 5.74) is -1.65. The lowest BCUT2D eigenvalue weighted by atomic mass is 9.94. The molecule has 0 aliphatic carbocycles. The first-order valence-electron chi connectivity index (χ1n) is 11.4. The van der Waals surface area contributed by atoms with Crippen LogP contribution in [0.25, 0.3) is 0 Å². The molecule has 3 rings (SSSR count). The van der Waals surface area contributed by atoms with Gasteiger partial charge in [-0.25, -0.2) is 0 Å². The zero-order valence-electron chi connectivity index (χ0n) is 19.3. The van der Waals surface area contributed by atoms with E-state index in [4.69, 9.17) is 4.74 Å². The van der Waals surface area contributed by atoms with Crippen LogP contribution in [-0.2, 0) is 18.8 Å². The zero-order valence-corrected chi connectivity index (χ0v) is 19.3. The van der Waals surface area contributed by atoms with Crippen LogP contribution in [0.5, 0.6) is 5.75 Å². The monoisotopic (exact) mass is 488 g/mol. The molecule has 1 saturated heterocycles. The van der Waals surface area contributed by atoms with Gasteiger partial charge in [-0.2, -0.15) is 26.3 Å². The molecule has 2 aromatic rings. The smallest absolute Gasteiger partial charge is 0.416 e. The topological polar surface area (TPSA) is 15.7 Å². The van der Waals surface area contributed by atoms with E-state index in [1.54, 1.807) is 7.11 Å². The van der Waals surface area contributed by atoms with Crippen molar-refractivity contribution < 1.29 is 31.1 Å². The lowest BCUT2D eigenvalue weighted by molar-refractivity contribution is -0.143. The highest BCUT2D eigenvalue weighted by atomic mass is 19.4. The van der Waals surface area contributed by atoms with Crippen LogP contribution in [0.2, 0.25) is 0 Å². The maximum atomic E-state index is 13.3. The van der Waals surface area contributed by atoms with Gasteiger partial charge in [-0.1, -0.05) is 25.1 Å². The van der Waals surface area contributed by atoms with Crippen molar-refractivity contribution in [2.75, 3.05) is 39.8 Å². The second kappa shape index (κ2) is 11.0. The van der Waals surface area contributed by atoms with Crippen molar-refractivity contribution in [2.45, 2.75) is 44.6 Å². The number of hydrogen-bond acceptors (Lipinski definition) is 3. The number of halogens is 6. The third-order valence-electron chi connectivity index (χ3n) is 6.24. The maximum absolute atomic E-state index is 13.3. The first-order chi connectivity index (χ1) is 16.0. The van der Waals surface area contributed by atoms with Crippen molar-refractivity contribution in [3.8, 4) is 5.75 Å². The third kappa shape index (κ3) is 6.66. The number of hydrogen-bond donors (Lipinski definition) is 0. The van der Waals surface area contributed by atoms with Crippen molar-refractivity contribution in [1.82, 2.24) is 9.80 Å². The first kappa shape index (κ1) is 26.3. The third-order valence-corrected chi connectivity index (χ3v) is 6.24. The van der Waals surface area contributed by atoms with Gasteiger partial charge in [-0.15, -0.1) is 0 Å². The Morgan fingerprint density at radius 1 is 0.882 bits per heavy atom. The molecule has 34 heavy (non-hydrogen) atoms. The lowest BCUT2D eigenvalue weighted by Crippen LogP contribution is -2.47. The second-order valence-electron chi connectivity index (χ2n) is 8.59. The van der Waals surface area contributed by atoms with Crippen molar-refractivity contribution in [3.05, 3.63) is 64.7 Å². The molecule has 1 atom stereocenters. The number of para-hydroxylation sites is 1. The summed E-state index contributed by atoms with van der Waals surface area (Å²) >= 11 is 0. The number of methoxy groups -OCH3 is 1. The Bertz CT molecular complexity index is 903. The predicted octanol–water partition coefficient (Wildman–Crippen LogP) is 6.43. The second-order valence-corrected chi connectivity index (χ2v) is 8.59. The van der Waals surface area contributed by atoms with E-state index in [0.29, 0.717) is 12.2 Å². The van der Waals surface area contributed by atoms with Crippen LogP contribution in [0.3, 0.4) is 0 Å². The van der Waals surface area contributed by atoms with Gasteiger partial charge in [-0.05, 0) is 55.6 Å². The number of rotatable bonds is 8. The zero-order chi connectivity index (χ0) is 24.9. The summed E-state index contributed by atoms with van der Waals surface area (Å²) in [4.78, 5) is 4.61. The van der Waals surface area contributed by atoms with Gasteiger partial charge in [0, 0.05) is 37.8 Å². The van der Waals surface area contributed by atoms with Gasteiger partial charge in [0.25, 0.3) is 0 Å². The average Bonchev–Trinajstić information content (AvgIpc) is 2.79. The molecule has 0 radical (unpaired) electrons. The predicted molar refractivity (Wildman–Crippen MR) is 119 cm³/mol. The largest absolute Gasteiger partial charge is 0.496 e. The van der Waals surface area contributed by atoms with Crippen LogP contribution in [0, 0.1) is 0 Å². The van der Waals surface area contributed by atoms with E-state index in [2.05, 4.69) is 16.7 Å². The van der Waals surface area contributed by atoms with E-state index in [0.717, 1.165) is 56.8 Å².